The predicted octanol–water partition coefficient (Wildman–Crippen LogP) is 8.01. The van der Waals surface area contributed by atoms with Gasteiger partial charge < -0.3 is 4.74 Å². The van der Waals surface area contributed by atoms with E-state index in [2.05, 4.69) is 85.8 Å². The van der Waals surface area contributed by atoms with Gasteiger partial charge in [-0.3, -0.25) is 0 Å². The van der Waals surface area contributed by atoms with Crippen LogP contribution >= 0.6 is 23.5 Å². The first-order valence-corrected chi connectivity index (χ1v) is 12.4. The van der Waals surface area contributed by atoms with Gasteiger partial charge in [-0.15, -0.1) is 11.8 Å². The van der Waals surface area contributed by atoms with Crippen LogP contribution in [-0.2, 0) is 0 Å². The average Bonchev–Trinajstić information content (AvgIpc) is 2.82. The zero-order valence-electron chi connectivity index (χ0n) is 17.5. The molecule has 2 heterocycles. The maximum atomic E-state index is 5.63. The summed E-state index contributed by atoms with van der Waals surface area (Å²) in [6.07, 6.45) is 0. The summed E-state index contributed by atoms with van der Waals surface area (Å²) >= 11 is 3.85. The van der Waals surface area contributed by atoms with Gasteiger partial charge in [0.2, 0.25) is 0 Å². The van der Waals surface area contributed by atoms with E-state index in [1.54, 1.807) is 7.11 Å². The SMILES string of the molecule is COc1ccc2c(c1)/C(=C1/c3c(ccc4ccccc34)SC[C@H]1C)c1ccccc1S2. The van der Waals surface area contributed by atoms with Crippen LogP contribution in [0.4, 0.5) is 0 Å². The van der Waals surface area contributed by atoms with Crippen molar-refractivity contribution in [2.75, 3.05) is 12.9 Å². The zero-order chi connectivity index (χ0) is 20.9. The molecule has 1 atom stereocenters. The molecule has 0 saturated heterocycles. The number of ether oxygens (including phenoxy) is 1. The highest BCUT2D eigenvalue weighted by Gasteiger charge is 2.31. The van der Waals surface area contributed by atoms with Crippen molar-refractivity contribution in [2.45, 2.75) is 21.6 Å². The van der Waals surface area contributed by atoms with Gasteiger partial charge in [-0.05, 0) is 69.3 Å². The molecule has 0 amide bonds. The highest BCUT2D eigenvalue weighted by Crippen LogP contribution is 2.54. The van der Waals surface area contributed by atoms with Gasteiger partial charge >= 0.3 is 0 Å². The second-order valence-electron chi connectivity index (χ2n) is 8.12. The molecule has 3 heteroatoms. The molecule has 4 aromatic rings. The molecule has 2 aliphatic heterocycles. The van der Waals surface area contributed by atoms with E-state index in [-0.39, 0.29) is 0 Å². The summed E-state index contributed by atoms with van der Waals surface area (Å²) in [6, 6.07) is 28.7. The van der Waals surface area contributed by atoms with Gasteiger partial charge in [0.25, 0.3) is 0 Å². The van der Waals surface area contributed by atoms with Crippen molar-refractivity contribution in [3.63, 3.8) is 0 Å². The lowest BCUT2D eigenvalue weighted by molar-refractivity contribution is 0.414. The van der Waals surface area contributed by atoms with Gasteiger partial charge in [0.1, 0.15) is 5.75 Å². The van der Waals surface area contributed by atoms with Crippen molar-refractivity contribution >= 4 is 45.4 Å². The van der Waals surface area contributed by atoms with Crippen LogP contribution in [0, 0.1) is 5.92 Å². The van der Waals surface area contributed by atoms with E-state index in [1.165, 1.54) is 53.3 Å². The second kappa shape index (κ2) is 7.51. The molecule has 0 aliphatic carbocycles. The Balaban J connectivity index is 1.77. The largest absolute Gasteiger partial charge is 0.497 e. The normalized spacial score (nSPS) is 19.5. The van der Waals surface area contributed by atoms with Crippen LogP contribution in [-0.4, -0.2) is 12.9 Å². The Labute approximate surface area is 191 Å². The predicted molar refractivity (Wildman–Crippen MR) is 133 cm³/mol. The summed E-state index contributed by atoms with van der Waals surface area (Å²) in [5.74, 6) is 2.46. The molecule has 0 radical (unpaired) electrons. The molecule has 2 aliphatic rings. The summed E-state index contributed by atoms with van der Waals surface area (Å²) < 4.78 is 5.63. The minimum atomic E-state index is 0.452. The number of allylic oxidation sites excluding steroid dienone is 1. The van der Waals surface area contributed by atoms with Gasteiger partial charge in [-0.2, -0.15) is 0 Å². The van der Waals surface area contributed by atoms with Crippen LogP contribution < -0.4 is 4.74 Å². The summed E-state index contributed by atoms with van der Waals surface area (Å²) in [5.41, 5.74) is 6.87. The van der Waals surface area contributed by atoms with Crippen LogP contribution in [0.25, 0.3) is 21.9 Å². The molecule has 1 nitrogen and oxygen atoms in total. The summed E-state index contributed by atoms with van der Waals surface area (Å²) in [5, 5.41) is 2.65. The van der Waals surface area contributed by atoms with Crippen molar-refractivity contribution < 1.29 is 4.74 Å². The highest BCUT2D eigenvalue weighted by atomic mass is 32.2. The molecule has 0 spiro atoms. The van der Waals surface area contributed by atoms with Crippen LogP contribution in [0.5, 0.6) is 5.75 Å². The summed E-state index contributed by atoms with van der Waals surface area (Å²) in [4.78, 5) is 4.02. The number of thioether (sulfide) groups is 1. The number of benzene rings is 4. The number of hydrogen-bond donors (Lipinski definition) is 0. The Bertz CT molecular complexity index is 1370. The van der Waals surface area contributed by atoms with Gasteiger partial charge in [-0.25, -0.2) is 0 Å². The van der Waals surface area contributed by atoms with Crippen molar-refractivity contribution in [1.82, 2.24) is 0 Å². The van der Waals surface area contributed by atoms with E-state index >= 15 is 0 Å². The summed E-state index contributed by atoms with van der Waals surface area (Å²) in [6.45, 7) is 2.38. The molecule has 0 bridgehead atoms. The number of hydrogen-bond acceptors (Lipinski definition) is 3. The van der Waals surface area contributed by atoms with Crippen LogP contribution in [0.2, 0.25) is 0 Å². The minimum Gasteiger partial charge on any atom is -0.497 e. The van der Waals surface area contributed by atoms with Crippen molar-refractivity contribution in [3.05, 3.63) is 95.6 Å². The lowest BCUT2D eigenvalue weighted by Gasteiger charge is -2.32. The quantitative estimate of drug-likeness (QED) is 0.262. The van der Waals surface area contributed by atoms with Crippen molar-refractivity contribution in [1.29, 1.82) is 0 Å². The molecular weight excluding hydrogens is 416 g/mol. The van der Waals surface area contributed by atoms with Crippen LogP contribution in [0.15, 0.2) is 93.5 Å². The fourth-order valence-corrected chi connectivity index (χ4v) is 7.00. The van der Waals surface area contributed by atoms with Crippen LogP contribution in [0.3, 0.4) is 0 Å². The Morgan fingerprint density at radius 3 is 2.48 bits per heavy atom. The minimum absolute atomic E-state index is 0.452. The first-order valence-electron chi connectivity index (χ1n) is 10.6. The molecule has 6 rings (SSSR count). The van der Waals surface area contributed by atoms with Crippen LogP contribution in [0.1, 0.15) is 23.6 Å². The maximum absolute atomic E-state index is 5.63. The molecule has 0 fully saturated rings. The Kier molecular flexibility index (Phi) is 4.62. The molecule has 31 heavy (non-hydrogen) atoms. The van der Waals surface area contributed by atoms with Crippen molar-refractivity contribution in [3.8, 4) is 5.75 Å². The van der Waals surface area contributed by atoms with Gasteiger partial charge in [0.05, 0.1) is 7.11 Å². The number of methoxy groups -OCH3 is 1. The maximum Gasteiger partial charge on any atom is 0.119 e. The fraction of sp³-hybridized carbons (Fsp3) is 0.143. The number of rotatable bonds is 1. The lowest BCUT2D eigenvalue weighted by atomic mass is 9.81. The van der Waals surface area contributed by atoms with Crippen molar-refractivity contribution in [2.24, 2.45) is 5.92 Å². The molecule has 4 aromatic carbocycles. The third-order valence-corrected chi connectivity index (χ3v) is 8.71. The van der Waals surface area contributed by atoms with E-state index in [9.17, 15) is 0 Å². The first kappa shape index (κ1) is 19.1. The first-order chi connectivity index (χ1) is 15.2. The molecule has 0 unspecified atom stereocenters. The zero-order valence-corrected chi connectivity index (χ0v) is 19.1. The standard InChI is InChI=1S/C28H22OS2/c1-17-16-30-25-13-11-18-7-3-4-8-20(18)28(25)26(17)27-21-9-5-6-10-23(21)31-24-14-12-19(29-2)15-22(24)27/h3-15,17H,16H2,1-2H3/b27-26+/t17-/m1/s1. The second-order valence-corrected chi connectivity index (χ2v) is 10.3. The van der Waals surface area contributed by atoms with E-state index in [0.717, 1.165) is 11.5 Å². The third kappa shape index (κ3) is 3.02. The third-order valence-electron chi connectivity index (χ3n) is 6.24. The Morgan fingerprint density at radius 2 is 1.58 bits per heavy atom. The molecule has 0 saturated carbocycles. The van der Waals surface area contributed by atoms with E-state index in [4.69, 9.17) is 4.74 Å². The molecule has 0 aromatic heterocycles. The van der Waals surface area contributed by atoms with E-state index in [0.29, 0.717) is 5.92 Å². The van der Waals surface area contributed by atoms with Gasteiger partial charge in [-0.1, -0.05) is 67.2 Å². The lowest BCUT2D eigenvalue weighted by Crippen LogP contribution is -2.14. The molecular formula is C28H22OS2. The average molecular weight is 439 g/mol. The Hall–Kier alpha value is -2.62. The highest BCUT2D eigenvalue weighted by molar-refractivity contribution is 7.99. The molecule has 0 N–H and O–H groups in total. The monoisotopic (exact) mass is 438 g/mol. The number of fused-ring (bicyclic) bond motifs is 5. The van der Waals surface area contributed by atoms with Gasteiger partial charge in [0, 0.05) is 26.0 Å². The Morgan fingerprint density at radius 1 is 0.806 bits per heavy atom. The fourth-order valence-electron chi connectivity index (χ4n) is 4.80. The van der Waals surface area contributed by atoms with E-state index in [1.807, 2.05) is 23.5 Å². The summed E-state index contributed by atoms with van der Waals surface area (Å²) in [7, 11) is 1.75. The molecule has 152 valence electrons. The topological polar surface area (TPSA) is 9.23 Å². The van der Waals surface area contributed by atoms with E-state index < -0.39 is 0 Å². The smallest absolute Gasteiger partial charge is 0.119 e. The van der Waals surface area contributed by atoms with Gasteiger partial charge in [0.15, 0.2) is 0 Å².